The Morgan fingerprint density at radius 2 is 1.88 bits per heavy atom. The maximum Gasteiger partial charge on any atom is 0.184 e. The number of H-pyrrole nitrogens is 1. The van der Waals surface area contributed by atoms with Crippen molar-refractivity contribution in [1.29, 1.82) is 0 Å². The van der Waals surface area contributed by atoms with Gasteiger partial charge in [0, 0.05) is 23.2 Å². The number of halogens is 1. The van der Waals surface area contributed by atoms with E-state index in [0.29, 0.717) is 28.0 Å². The van der Waals surface area contributed by atoms with Crippen molar-refractivity contribution in [2.45, 2.75) is 17.6 Å². The molecule has 132 valence electrons. The zero-order valence-electron chi connectivity index (χ0n) is 14.1. The second-order valence-corrected chi connectivity index (χ2v) is 7.69. The van der Waals surface area contributed by atoms with Gasteiger partial charge in [-0.2, -0.15) is 0 Å². The van der Waals surface area contributed by atoms with Gasteiger partial charge in [0.2, 0.25) is 0 Å². The number of aromatic nitrogens is 1. The van der Waals surface area contributed by atoms with Gasteiger partial charge in [0.15, 0.2) is 9.84 Å². The molecule has 0 unspecified atom stereocenters. The molecule has 0 atom stereocenters. The van der Waals surface area contributed by atoms with Crippen LogP contribution in [0.3, 0.4) is 0 Å². The summed E-state index contributed by atoms with van der Waals surface area (Å²) in [7, 11) is -0.724. The normalized spacial score (nSPS) is 11.7. The standard InChI is InChI=1S/C18H18FNO4S/c1-11-6-17(24-3)12(7-15(11)19)10-25(21,22)18-9-20-16-8-13(23-2)4-5-14(16)18/h4-9,20H,10H2,1-3H3. The Balaban J connectivity index is 2.05. The average molecular weight is 363 g/mol. The van der Waals surface area contributed by atoms with Crippen LogP contribution in [0.5, 0.6) is 11.5 Å². The van der Waals surface area contributed by atoms with Crippen LogP contribution in [0.1, 0.15) is 11.1 Å². The fraction of sp³-hybridized carbons (Fsp3) is 0.222. The number of fused-ring (bicyclic) bond motifs is 1. The first kappa shape index (κ1) is 17.3. The van der Waals surface area contributed by atoms with Crippen molar-refractivity contribution in [2.24, 2.45) is 0 Å². The number of rotatable bonds is 5. The van der Waals surface area contributed by atoms with E-state index in [0.717, 1.165) is 0 Å². The minimum Gasteiger partial charge on any atom is -0.497 e. The molecule has 3 rings (SSSR count). The highest BCUT2D eigenvalue weighted by Gasteiger charge is 2.22. The van der Waals surface area contributed by atoms with Gasteiger partial charge in [0.25, 0.3) is 0 Å². The molecule has 0 amide bonds. The van der Waals surface area contributed by atoms with E-state index in [9.17, 15) is 12.8 Å². The van der Waals surface area contributed by atoms with Gasteiger partial charge in [0.05, 0.1) is 30.4 Å². The molecule has 7 heteroatoms. The highest BCUT2D eigenvalue weighted by molar-refractivity contribution is 7.90. The van der Waals surface area contributed by atoms with E-state index in [1.165, 1.54) is 25.4 Å². The lowest BCUT2D eigenvalue weighted by molar-refractivity contribution is 0.409. The summed E-state index contributed by atoms with van der Waals surface area (Å²) in [6.07, 6.45) is 1.44. The maximum atomic E-state index is 13.9. The number of aryl methyl sites for hydroxylation is 1. The number of sulfone groups is 1. The number of methoxy groups -OCH3 is 2. The molecule has 0 spiro atoms. The molecule has 1 heterocycles. The predicted molar refractivity (Wildman–Crippen MR) is 93.4 cm³/mol. The topological polar surface area (TPSA) is 68.4 Å². The SMILES string of the molecule is COc1ccc2c(S(=O)(=O)Cc3cc(F)c(C)cc3OC)c[nH]c2c1. The fourth-order valence-corrected chi connectivity index (χ4v) is 4.29. The van der Waals surface area contributed by atoms with Crippen LogP contribution in [0.4, 0.5) is 4.39 Å². The average Bonchev–Trinajstić information content (AvgIpc) is 3.01. The van der Waals surface area contributed by atoms with Gasteiger partial charge in [0.1, 0.15) is 17.3 Å². The van der Waals surface area contributed by atoms with E-state index in [1.807, 2.05) is 0 Å². The molecule has 0 radical (unpaired) electrons. The molecule has 5 nitrogen and oxygen atoms in total. The lowest BCUT2D eigenvalue weighted by Crippen LogP contribution is -2.07. The highest BCUT2D eigenvalue weighted by Crippen LogP contribution is 2.31. The smallest absolute Gasteiger partial charge is 0.184 e. The lowest BCUT2D eigenvalue weighted by atomic mass is 10.1. The summed E-state index contributed by atoms with van der Waals surface area (Å²) in [6, 6.07) is 7.82. The second kappa shape index (κ2) is 6.40. The first-order chi connectivity index (χ1) is 11.9. The fourth-order valence-electron chi connectivity index (χ4n) is 2.74. The third-order valence-corrected chi connectivity index (χ3v) is 5.79. The number of aromatic amines is 1. The summed E-state index contributed by atoms with van der Waals surface area (Å²) in [4.78, 5) is 3.10. The van der Waals surface area contributed by atoms with Crippen molar-refractivity contribution in [3.8, 4) is 11.5 Å². The van der Waals surface area contributed by atoms with E-state index in [4.69, 9.17) is 9.47 Å². The van der Waals surface area contributed by atoms with Crippen LogP contribution >= 0.6 is 0 Å². The summed E-state index contributed by atoms with van der Waals surface area (Å²) < 4.78 is 50.0. The number of hydrogen-bond donors (Lipinski definition) is 1. The van der Waals surface area contributed by atoms with E-state index >= 15 is 0 Å². The molecule has 0 saturated carbocycles. The molecule has 3 aromatic rings. The minimum atomic E-state index is -3.70. The summed E-state index contributed by atoms with van der Waals surface area (Å²) in [5.74, 6) is 0.158. The van der Waals surface area contributed by atoms with Gasteiger partial charge in [-0.3, -0.25) is 0 Å². The van der Waals surface area contributed by atoms with Crippen LogP contribution in [0.2, 0.25) is 0 Å². The Morgan fingerprint density at radius 1 is 1.12 bits per heavy atom. The lowest BCUT2D eigenvalue weighted by Gasteiger charge is -2.11. The predicted octanol–water partition coefficient (Wildman–Crippen LogP) is 3.61. The minimum absolute atomic E-state index is 0.160. The summed E-state index contributed by atoms with van der Waals surface area (Å²) >= 11 is 0. The molecular weight excluding hydrogens is 345 g/mol. The highest BCUT2D eigenvalue weighted by atomic mass is 32.2. The van der Waals surface area contributed by atoms with Crippen molar-refractivity contribution >= 4 is 20.7 Å². The van der Waals surface area contributed by atoms with Crippen LogP contribution in [0, 0.1) is 12.7 Å². The molecule has 0 saturated heterocycles. The number of nitrogens with one attached hydrogen (secondary N) is 1. The van der Waals surface area contributed by atoms with Crippen LogP contribution in [0.15, 0.2) is 41.4 Å². The zero-order chi connectivity index (χ0) is 18.2. The van der Waals surface area contributed by atoms with Gasteiger partial charge in [-0.1, -0.05) is 0 Å². The molecule has 0 aliphatic heterocycles. The van der Waals surface area contributed by atoms with Crippen molar-refractivity contribution in [3.05, 3.63) is 53.5 Å². The van der Waals surface area contributed by atoms with Gasteiger partial charge in [-0.05, 0) is 36.8 Å². The second-order valence-electron chi connectivity index (χ2n) is 5.74. The van der Waals surface area contributed by atoms with Crippen molar-refractivity contribution in [2.75, 3.05) is 14.2 Å². The van der Waals surface area contributed by atoms with Gasteiger partial charge < -0.3 is 14.5 Å². The zero-order valence-corrected chi connectivity index (χ0v) is 14.9. The van der Waals surface area contributed by atoms with Gasteiger partial charge in [-0.25, -0.2) is 12.8 Å². The quantitative estimate of drug-likeness (QED) is 0.752. The van der Waals surface area contributed by atoms with Crippen molar-refractivity contribution < 1.29 is 22.3 Å². The molecular formula is C18H18FNO4S. The molecule has 0 aliphatic rings. The molecule has 0 fully saturated rings. The maximum absolute atomic E-state index is 13.9. The largest absolute Gasteiger partial charge is 0.497 e. The number of benzene rings is 2. The summed E-state index contributed by atoms with van der Waals surface area (Å²) in [5.41, 5.74) is 1.34. The summed E-state index contributed by atoms with van der Waals surface area (Å²) in [6.45, 7) is 1.60. The van der Waals surface area contributed by atoms with E-state index in [1.54, 1.807) is 32.2 Å². The van der Waals surface area contributed by atoms with Gasteiger partial charge >= 0.3 is 0 Å². The van der Waals surface area contributed by atoms with Crippen molar-refractivity contribution in [1.82, 2.24) is 4.98 Å². The molecule has 2 aromatic carbocycles. The van der Waals surface area contributed by atoms with Crippen LogP contribution < -0.4 is 9.47 Å². The van der Waals surface area contributed by atoms with Crippen molar-refractivity contribution in [3.63, 3.8) is 0 Å². The first-order valence-electron chi connectivity index (χ1n) is 7.56. The Hall–Kier alpha value is -2.54. The molecule has 1 N–H and O–H groups in total. The Kier molecular flexibility index (Phi) is 4.43. The van der Waals surface area contributed by atoms with Crippen LogP contribution in [0.25, 0.3) is 10.9 Å². The first-order valence-corrected chi connectivity index (χ1v) is 9.22. The van der Waals surface area contributed by atoms with Crippen LogP contribution in [-0.2, 0) is 15.6 Å². The summed E-state index contributed by atoms with van der Waals surface area (Å²) in [5, 5.41) is 0.562. The number of ether oxygens (including phenoxy) is 2. The molecule has 1 aromatic heterocycles. The third kappa shape index (κ3) is 3.19. The van der Waals surface area contributed by atoms with E-state index < -0.39 is 15.7 Å². The van der Waals surface area contributed by atoms with E-state index in [2.05, 4.69) is 4.98 Å². The Labute approximate surface area is 145 Å². The van der Waals surface area contributed by atoms with E-state index in [-0.39, 0.29) is 16.2 Å². The molecule has 0 bridgehead atoms. The monoisotopic (exact) mass is 363 g/mol. The Morgan fingerprint density at radius 3 is 2.56 bits per heavy atom. The third-order valence-electron chi connectivity index (χ3n) is 4.09. The Bertz CT molecular complexity index is 1040. The van der Waals surface area contributed by atoms with Crippen LogP contribution in [-0.4, -0.2) is 27.6 Å². The van der Waals surface area contributed by atoms with Gasteiger partial charge in [-0.15, -0.1) is 0 Å². The molecule has 0 aliphatic carbocycles. The molecule has 25 heavy (non-hydrogen) atoms. The number of hydrogen-bond acceptors (Lipinski definition) is 4.